The molecule has 0 spiro atoms. The fourth-order valence-electron chi connectivity index (χ4n) is 3.00. The van der Waals surface area contributed by atoms with Gasteiger partial charge in [0, 0.05) is 38.7 Å². The molecule has 0 aromatic carbocycles. The Morgan fingerprint density at radius 3 is 2.76 bits per heavy atom. The molecule has 0 saturated carbocycles. The molecule has 4 heterocycles. The van der Waals surface area contributed by atoms with Gasteiger partial charge >= 0.3 is 0 Å². The van der Waals surface area contributed by atoms with Crippen LogP contribution in [-0.2, 0) is 4.74 Å². The van der Waals surface area contributed by atoms with Gasteiger partial charge in [-0.25, -0.2) is 9.97 Å². The van der Waals surface area contributed by atoms with Crippen molar-refractivity contribution in [3.63, 3.8) is 0 Å². The number of likely N-dealkylation sites (N-methyl/N-ethyl adjacent to an activating group) is 1. The Bertz CT molecular complexity index is 1240. The van der Waals surface area contributed by atoms with Crippen LogP contribution in [0.3, 0.4) is 0 Å². The van der Waals surface area contributed by atoms with Gasteiger partial charge in [-0.2, -0.15) is 0 Å². The maximum atomic E-state index is 13.1. The molecule has 0 aliphatic heterocycles. The van der Waals surface area contributed by atoms with Crippen LogP contribution in [-0.4, -0.2) is 54.0 Å². The van der Waals surface area contributed by atoms with Crippen molar-refractivity contribution in [1.82, 2.24) is 15.0 Å². The molecule has 10 heteroatoms. The Morgan fingerprint density at radius 1 is 1.15 bits per heavy atom. The van der Waals surface area contributed by atoms with Crippen LogP contribution in [0.4, 0.5) is 10.9 Å². The van der Waals surface area contributed by atoms with Crippen LogP contribution in [0.2, 0.25) is 0 Å². The van der Waals surface area contributed by atoms with Crippen molar-refractivity contribution in [2.45, 2.75) is 0 Å². The Balaban J connectivity index is 1.60. The van der Waals surface area contributed by atoms with E-state index in [1.165, 1.54) is 6.26 Å². The number of nitrogens with one attached hydrogen (secondary N) is 1. The second-order valence-electron chi connectivity index (χ2n) is 6.99. The van der Waals surface area contributed by atoms with Crippen molar-refractivity contribution in [2.24, 2.45) is 0 Å². The van der Waals surface area contributed by atoms with Crippen molar-refractivity contribution in [2.75, 3.05) is 37.5 Å². The lowest BCUT2D eigenvalue weighted by atomic mass is 10.1. The highest BCUT2D eigenvalue weighted by Gasteiger charge is 2.24. The average molecular weight is 464 g/mol. The van der Waals surface area contributed by atoms with E-state index < -0.39 is 0 Å². The van der Waals surface area contributed by atoms with E-state index in [1.54, 1.807) is 62.0 Å². The number of pyridine rings is 2. The number of furan rings is 1. The van der Waals surface area contributed by atoms with Gasteiger partial charge in [-0.05, 0) is 36.4 Å². The zero-order chi connectivity index (χ0) is 23.2. The van der Waals surface area contributed by atoms with E-state index >= 15 is 0 Å². The largest absolute Gasteiger partial charge is 0.463 e. The first-order valence-electron chi connectivity index (χ1n) is 10.0. The van der Waals surface area contributed by atoms with E-state index in [9.17, 15) is 9.59 Å². The molecule has 9 nitrogen and oxygen atoms in total. The van der Waals surface area contributed by atoms with Gasteiger partial charge in [0.2, 0.25) is 5.78 Å². The third kappa shape index (κ3) is 5.13. The summed E-state index contributed by atoms with van der Waals surface area (Å²) in [7, 11) is 3.50. The third-order valence-electron chi connectivity index (χ3n) is 4.74. The number of hydrogen-bond donors (Lipinski definition) is 1. The molecule has 0 unspecified atom stereocenters. The molecule has 0 fully saturated rings. The van der Waals surface area contributed by atoms with Crippen LogP contribution in [0.15, 0.2) is 65.5 Å². The van der Waals surface area contributed by atoms with Gasteiger partial charge in [-0.3, -0.25) is 19.9 Å². The van der Waals surface area contributed by atoms with Crippen LogP contribution >= 0.6 is 11.3 Å². The number of amides is 1. The van der Waals surface area contributed by atoms with E-state index in [4.69, 9.17) is 9.15 Å². The normalized spacial score (nSPS) is 10.7. The molecule has 4 aromatic rings. The van der Waals surface area contributed by atoms with Gasteiger partial charge in [0.15, 0.2) is 10.9 Å². The highest BCUT2D eigenvalue weighted by atomic mass is 32.1. The highest BCUT2D eigenvalue weighted by molar-refractivity contribution is 7.18. The number of aromatic nitrogens is 3. The fourth-order valence-corrected chi connectivity index (χ4v) is 3.92. The topological polar surface area (TPSA) is 110 Å². The van der Waals surface area contributed by atoms with Crippen LogP contribution in [0, 0.1) is 0 Å². The number of carbonyl (C=O) groups is 2. The summed E-state index contributed by atoms with van der Waals surface area (Å²) in [4.78, 5) is 41.1. The third-order valence-corrected chi connectivity index (χ3v) is 5.71. The Morgan fingerprint density at radius 2 is 2.03 bits per heavy atom. The van der Waals surface area contributed by atoms with Crippen LogP contribution in [0.5, 0.6) is 0 Å². The minimum atomic E-state index is -0.365. The smallest absolute Gasteiger partial charge is 0.257 e. The molecule has 0 aliphatic carbocycles. The summed E-state index contributed by atoms with van der Waals surface area (Å²) in [5, 5.41) is 3.05. The van der Waals surface area contributed by atoms with E-state index in [0.29, 0.717) is 40.9 Å². The van der Waals surface area contributed by atoms with Crippen LogP contribution in [0.1, 0.15) is 25.7 Å². The van der Waals surface area contributed by atoms with Crippen molar-refractivity contribution >= 4 is 34.0 Å². The molecule has 0 bridgehead atoms. The molecular weight excluding hydrogens is 442 g/mol. The lowest BCUT2D eigenvalue weighted by Gasteiger charge is -2.17. The SMILES string of the molecule is COCCN(C)c1cc(C(=O)Nc2nc(-c3ccco3)c(C(=O)c3ccccn3)s2)ccn1. The first kappa shape index (κ1) is 22.3. The standard InChI is InChI=1S/C23H21N5O4S/c1-28(11-13-31-2)18-14-15(8-10-25-18)22(30)27-23-26-19(17-7-5-12-32-17)21(33-23)20(29)16-6-3-4-9-24-16/h3-10,12,14H,11,13H2,1-2H3,(H,26,27,30). The number of methoxy groups -OCH3 is 1. The van der Waals surface area contributed by atoms with Gasteiger partial charge in [-0.1, -0.05) is 17.4 Å². The second kappa shape index (κ2) is 10.2. The molecule has 168 valence electrons. The number of ketones is 1. The number of anilines is 2. The molecule has 0 saturated heterocycles. The van der Waals surface area contributed by atoms with Crippen LogP contribution < -0.4 is 10.2 Å². The van der Waals surface area contributed by atoms with Crippen LogP contribution in [0.25, 0.3) is 11.5 Å². The summed E-state index contributed by atoms with van der Waals surface area (Å²) in [5.74, 6) is 0.402. The molecule has 0 aliphatic rings. The molecule has 0 radical (unpaired) electrons. The number of ether oxygens (including phenoxy) is 1. The summed E-state index contributed by atoms with van der Waals surface area (Å²) in [6, 6.07) is 11.8. The van der Waals surface area contributed by atoms with E-state index in [0.717, 1.165) is 11.3 Å². The predicted molar refractivity (Wildman–Crippen MR) is 125 cm³/mol. The second-order valence-corrected chi connectivity index (χ2v) is 7.99. The van der Waals surface area contributed by atoms with Crippen molar-refractivity contribution < 1.29 is 18.7 Å². The monoisotopic (exact) mass is 463 g/mol. The fraction of sp³-hybridized carbons (Fsp3) is 0.174. The minimum Gasteiger partial charge on any atom is -0.463 e. The van der Waals surface area contributed by atoms with Gasteiger partial charge in [0.25, 0.3) is 5.91 Å². The Hall–Kier alpha value is -3.89. The number of nitrogens with zero attached hydrogens (tertiary/aromatic N) is 4. The highest BCUT2D eigenvalue weighted by Crippen LogP contribution is 2.33. The van der Waals surface area contributed by atoms with Crippen molar-refractivity contribution in [1.29, 1.82) is 0 Å². The summed E-state index contributed by atoms with van der Waals surface area (Å²) in [6.45, 7) is 1.17. The quantitative estimate of drug-likeness (QED) is 0.374. The minimum absolute atomic E-state index is 0.275. The lowest BCUT2D eigenvalue weighted by molar-refractivity contribution is 0.102. The van der Waals surface area contributed by atoms with Gasteiger partial charge in [-0.15, -0.1) is 0 Å². The summed E-state index contributed by atoms with van der Waals surface area (Å²) < 4.78 is 10.5. The Kier molecular flexibility index (Phi) is 6.86. The molecule has 1 N–H and O–H groups in total. The number of carbonyl (C=O) groups excluding carboxylic acids is 2. The maximum absolute atomic E-state index is 13.1. The van der Waals surface area contributed by atoms with E-state index in [2.05, 4.69) is 20.3 Å². The number of hydrogen-bond acceptors (Lipinski definition) is 9. The Labute approximate surface area is 194 Å². The molecule has 0 atom stereocenters. The van der Waals surface area contributed by atoms with Gasteiger partial charge in [0.1, 0.15) is 22.1 Å². The zero-order valence-electron chi connectivity index (χ0n) is 18.0. The average Bonchev–Trinajstić information content (AvgIpc) is 3.53. The number of thiazole rings is 1. The first-order valence-corrected chi connectivity index (χ1v) is 10.9. The molecule has 4 aromatic heterocycles. The lowest BCUT2D eigenvalue weighted by Crippen LogP contribution is -2.23. The van der Waals surface area contributed by atoms with Gasteiger partial charge < -0.3 is 14.1 Å². The van der Waals surface area contributed by atoms with Crippen molar-refractivity contribution in [3.05, 3.63) is 77.3 Å². The van der Waals surface area contributed by atoms with Crippen molar-refractivity contribution in [3.8, 4) is 11.5 Å². The summed E-state index contributed by atoms with van der Waals surface area (Å²) >= 11 is 1.07. The molecular formula is C23H21N5O4S. The summed E-state index contributed by atoms with van der Waals surface area (Å²) in [6.07, 6.45) is 4.62. The van der Waals surface area contributed by atoms with E-state index in [-0.39, 0.29) is 22.5 Å². The summed E-state index contributed by atoms with van der Waals surface area (Å²) in [5.41, 5.74) is 1.05. The number of rotatable bonds is 9. The first-order chi connectivity index (χ1) is 16.1. The maximum Gasteiger partial charge on any atom is 0.257 e. The van der Waals surface area contributed by atoms with Gasteiger partial charge in [0.05, 0.1) is 12.9 Å². The predicted octanol–water partition coefficient (Wildman–Crippen LogP) is 3.76. The zero-order valence-corrected chi connectivity index (χ0v) is 18.8. The van der Waals surface area contributed by atoms with E-state index in [1.807, 2.05) is 11.9 Å². The molecule has 4 rings (SSSR count). The molecule has 33 heavy (non-hydrogen) atoms. The molecule has 1 amide bonds.